The molecule has 102 valence electrons. The fourth-order valence-corrected chi connectivity index (χ4v) is 1.78. The number of carbonyl (C=O) groups is 3. The van der Waals surface area contributed by atoms with Crippen LogP contribution in [-0.2, 0) is 9.59 Å². The number of nitrogens with one attached hydrogen (secondary N) is 2. The number of aliphatic hydroxyl groups excluding tert-OH is 1. The first kappa shape index (κ1) is 14.2. The van der Waals surface area contributed by atoms with Gasteiger partial charge in [-0.15, -0.1) is 0 Å². The second kappa shape index (κ2) is 6.20. The second-order valence-corrected chi connectivity index (χ2v) is 3.93. The van der Waals surface area contributed by atoms with Crippen LogP contribution in [0.2, 0.25) is 0 Å². The van der Waals surface area contributed by atoms with Crippen molar-refractivity contribution in [2.75, 3.05) is 19.7 Å². The Labute approximate surface area is 104 Å². The number of aliphatic carboxylic acids is 1. The molecule has 2 atom stereocenters. The summed E-state index contributed by atoms with van der Waals surface area (Å²) in [6.45, 7) is 1.71. The van der Waals surface area contributed by atoms with Gasteiger partial charge in [0.15, 0.2) is 6.04 Å². The van der Waals surface area contributed by atoms with Crippen molar-refractivity contribution in [1.29, 1.82) is 0 Å². The highest BCUT2D eigenvalue weighted by molar-refractivity contribution is 5.89. The van der Waals surface area contributed by atoms with E-state index in [1.54, 1.807) is 6.92 Å². The Kier molecular flexibility index (Phi) is 4.90. The Morgan fingerprint density at radius 2 is 2.28 bits per heavy atom. The highest BCUT2D eigenvalue weighted by Crippen LogP contribution is 2.08. The molecule has 0 aromatic carbocycles. The summed E-state index contributed by atoms with van der Waals surface area (Å²) < 4.78 is 0. The zero-order valence-corrected chi connectivity index (χ0v) is 10.0. The number of hydrogen-bond donors (Lipinski definition) is 4. The molecule has 8 heteroatoms. The molecule has 1 aliphatic heterocycles. The second-order valence-electron chi connectivity index (χ2n) is 3.93. The van der Waals surface area contributed by atoms with Crippen molar-refractivity contribution in [2.45, 2.75) is 25.4 Å². The summed E-state index contributed by atoms with van der Waals surface area (Å²) in [5.41, 5.74) is 0. The maximum absolute atomic E-state index is 11.8. The third-order valence-electron chi connectivity index (χ3n) is 2.76. The Balaban J connectivity index is 2.69. The lowest BCUT2D eigenvalue weighted by molar-refractivity contribution is -0.140. The van der Waals surface area contributed by atoms with E-state index >= 15 is 0 Å². The van der Waals surface area contributed by atoms with Gasteiger partial charge >= 0.3 is 12.0 Å². The van der Waals surface area contributed by atoms with Gasteiger partial charge in [-0.05, 0) is 6.42 Å². The van der Waals surface area contributed by atoms with Crippen LogP contribution in [0.15, 0.2) is 0 Å². The molecule has 2 unspecified atom stereocenters. The summed E-state index contributed by atoms with van der Waals surface area (Å²) >= 11 is 0. The van der Waals surface area contributed by atoms with Gasteiger partial charge in [-0.2, -0.15) is 0 Å². The minimum atomic E-state index is -1.36. The number of piperazine rings is 1. The molecule has 1 rings (SSSR count). The summed E-state index contributed by atoms with van der Waals surface area (Å²) in [7, 11) is 0. The monoisotopic (exact) mass is 259 g/mol. The Hall–Kier alpha value is -1.83. The molecule has 1 heterocycles. The van der Waals surface area contributed by atoms with Gasteiger partial charge < -0.3 is 25.7 Å². The lowest BCUT2D eigenvalue weighted by atomic mass is 10.1. The van der Waals surface area contributed by atoms with E-state index < -0.39 is 30.7 Å². The van der Waals surface area contributed by atoms with E-state index in [4.69, 9.17) is 10.2 Å². The van der Waals surface area contributed by atoms with Gasteiger partial charge in [-0.1, -0.05) is 6.92 Å². The SMILES string of the molecule is CCC1C(=O)NCCN1C(=O)NC(CO)C(=O)O. The van der Waals surface area contributed by atoms with E-state index in [9.17, 15) is 14.4 Å². The summed E-state index contributed by atoms with van der Waals surface area (Å²) in [6.07, 6.45) is 0.441. The van der Waals surface area contributed by atoms with Crippen molar-refractivity contribution in [2.24, 2.45) is 0 Å². The van der Waals surface area contributed by atoms with E-state index in [1.165, 1.54) is 4.90 Å². The highest BCUT2D eigenvalue weighted by Gasteiger charge is 2.33. The molecule has 0 radical (unpaired) electrons. The van der Waals surface area contributed by atoms with E-state index in [1.807, 2.05) is 0 Å². The molecule has 8 nitrogen and oxygen atoms in total. The lowest BCUT2D eigenvalue weighted by Gasteiger charge is -2.34. The van der Waals surface area contributed by atoms with Crippen molar-refractivity contribution < 1.29 is 24.6 Å². The fourth-order valence-electron chi connectivity index (χ4n) is 1.78. The van der Waals surface area contributed by atoms with Crippen LogP contribution in [0.1, 0.15) is 13.3 Å². The summed E-state index contributed by atoms with van der Waals surface area (Å²) in [6, 6.07) is -2.62. The van der Waals surface area contributed by atoms with Crippen LogP contribution in [0.25, 0.3) is 0 Å². The van der Waals surface area contributed by atoms with Gasteiger partial charge in [0.1, 0.15) is 6.04 Å². The molecule has 0 aliphatic carbocycles. The maximum Gasteiger partial charge on any atom is 0.328 e. The number of aliphatic hydroxyl groups is 1. The average molecular weight is 259 g/mol. The van der Waals surface area contributed by atoms with E-state index in [2.05, 4.69) is 10.6 Å². The van der Waals surface area contributed by atoms with Crippen LogP contribution in [0.4, 0.5) is 4.79 Å². The molecule has 0 aromatic heterocycles. The number of urea groups is 1. The first-order chi connectivity index (χ1) is 8.51. The molecule has 0 aromatic rings. The summed E-state index contributed by atoms with van der Waals surface area (Å²) in [4.78, 5) is 35.4. The molecule has 18 heavy (non-hydrogen) atoms. The van der Waals surface area contributed by atoms with Gasteiger partial charge in [0, 0.05) is 13.1 Å². The summed E-state index contributed by atoms with van der Waals surface area (Å²) in [5.74, 6) is -1.57. The fraction of sp³-hybridized carbons (Fsp3) is 0.700. The first-order valence-corrected chi connectivity index (χ1v) is 5.69. The van der Waals surface area contributed by atoms with Crippen molar-refractivity contribution in [3.05, 3.63) is 0 Å². The maximum atomic E-state index is 11.8. The van der Waals surface area contributed by atoms with Crippen LogP contribution >= 0.6 is 0 Å². The number of hydrogen-bond acceptors (Lipinski definition) is 4. The number of carboxylic acid groups (broad SMARTS) is 1. The van der Waals surface area contributed by atoms with Gasteiger partial charge in [0.2, 0.25) is 5.91 Å². The number of carbonyl (C=O) groups excluding carboxylic acids is 2. The van der Waals surface area contributed by atoms with E-state index in [0.717, 1.165) is 0 Å². The average Bonchev–Trinajstić information content (AvgIpc) is 2.34. The highest BCUT2D eigenvalue weighted by atomic mass is 16.4. The molecule has 0 spiro atoms. The van der Waals surface area contributed by atoms with Crippen LogP contribution in [0.3, 0.4) is 0 Å². The Morgan fingerprint density at radius 3 is 2.78 bits per heavy atom. The zero-order valence-electron chi connectivity index (χ0n) is 10.0. The molecule has 3 amide bonds. The van der Waals surface area contributed by atoms with Gasteiger partial charge in [0.05, 0.1) is 6.61 Å². The number of carboxylic acids is 1. The molecule has 4 N–H and O–H groups in total. The number of amides is 3. The standard InChI is InChI=1S/C10H17N3O5/c1-2-7-8(15)11-3-4-13(7)10(18)12-6(5-14)9(16)17/h6-7,14H,2-5H2,1H3,(H,11,15)(H,12,18)(H,16,17). The third kappa shape index (κ3) is 3.10. The smallest absolute Gasteiger partial charge is 0.328 e. The lowest BCUT2D eigenvalue weighted by Crippen LogP contribution is -2.61. The normalized spacial score (nSPS) is 21.1. The quantitative estimate of drug-likeness (QED) is 0.482. The Bertz CT molecular complexity index is 346. The number of nitrogens with zero attached hydrogens (tertiary/aromatic N) is 1. The minimum Gasteiger partial charge on any atom is -0.480 e. The first-order valence-electron chi connectivity index (χ1n) is 5.69. The van der Waals surface area contributed by atoms with Crippen LogP contribution in [-0.4, -0.2) is 64.8 Å². The van der Waals surface area contributed by atoms with Crippen LogP contribution in [0.5, 0.6) is 0 Å². The molecule has 0 saturated carbocycles. The molecular formula is C10H17N3O5. The van der Waals surface area contributed by atoms with E-state index in [-0.39, 0.29) is 5.91 Å². The molecular weight excluding hydrogens is 242 g/mol. The topological polar surface area (TPSA) is 119 Å². The summed E-state index contributed by atoms with van der Waals surface area (Å²) in [5, 5.41) is 22.4. The molecule has 1 saturated heterocycles. The zero-order chi connectivity index (χ0) is 13.7. The Morgan fingerprint density at radius 1 is 1.61 bits per heavy atom. The van der Waals surface area contributed by atoms with E-state index in [0.29, 0.717) is 19.5 Å². The third-order valence-corrected chi connectivity index (χ3v) is 2.76. The predicted octanol–water partition coefficient (Wildman–Crippen LogP) is -1.65. The van der Waals surface area contributed by atoms with Gasteiger partial charge in [0.25, 0.3) is 0 Å². The van der Waals surface area contributed by atoms with Crippen LogP contribution in [0, 0.1) is 0 Å². The van der Waals surface area contributed by atoms with Crippen molar-refractivity contribution in [1.82, 2.24) is 15.5 Å². The molecule has 1 aliphatic rings. The van der Waals surface area contributed by atoms with Gasteiger partial charge in [-0.3, -0.25) is 4.79 Å². The van der Waals surface area contributed by atoms with Gasteiger partial charge in [-0.25, -0.2) is 9.59 Å². The minimum absolute atomic E-state index is 0.255. The van der Waals surface area contributed by atoms with Crippen LogP contribution < -0.4 is 10.6 Å². The largest absolute Gasteiger partial charge is 0.480 e. The molecule has 0 bridgehead atoms. The van der Waals surface area contributed by atoms with Crippen molar-refractivity contribution >= 4 is 17.9 Å². The molecule has 1 fully saturated rings. The van der Waals surface area contributed by atoms with Crippen molar-refractivity contribution in [3.63, 3.8) is 0 Å². The predicted molar refractivity (Wildman–Crippen MR) is 60.8 cm³/mol. The van der Waals surface area contributed by atoms with Crippen molar-refractivity contribution in [3.8, 4) is 0 Å². The number of rotatable bonds is 4.